The van der Waals surface area contributed by atoms with Crippen LogP contribution >= 0.6 is 0 Å². The predicted molar refractivity (Wildman–Crippen MR) is 103 cm³/mol. The molecular weight excluding hydrogens is 356 g/mol. The number of aromatic nitrogens is 5. The van der Waals surface area contributed by atoms with Crippen molar-refractivity contribution in [2.45, 2.75) is 26.4 Å². The molecule has 140 valence electrons. The zero-order valence-electron chi connectivity index (χ0n) is 15.4. The number of aromatic amines is 1. The Hall–Kier alpha value is -3.68. The van der Waals surface area contributed by atoms with Crippen LogP contribution in [0.1, 0.15) is 17.0 Å². The second kappa shape index (κ2) is 6.19. The van der Waals surface area contributed by atoms with Crippen LogP contribution in [0.15, 0.2) is 42.6 Å². The van der Waals surface area contributed by atoms with Crippen molar-refractivity contribution in [3.63, 3.8) is 0 Å². The highest BCUT2D eigenvalue weighted by atomic mass is 16.5. The van der Waals surface area contributed by atoms with E-state index in [9.17, 15) is 4.79 Å². The van der Waals surface area contributed by atoms with E-state index in [4.69, 9.17) is 4.74 Å². The number of nitrogens with one attached hydrogen (secondary N) is 2. The molecule has 4 heterocycles. The van der Waals surface area contributed by atoms with Crippen LogP contribution in [0.4, 0.5) is 5.95 Å². The maximum absolute atomic E-state index is 12.6. The van der Waals surface area contributed by atoms with E-state index in [1.54, 1.807) is 4.52 Å². The molecule has 0 bridgehead atoms. The van der Waals surface area contributed by atoms with E-state index in [2.05, 4.69) is 25.6 Å². The normalized spacial score (nSPS) is 15.4. The van der Waals surface area contributed by atoms with Crippen molar-refractivity contribution in [2.24, 2.45) is 0 Å². The fourth-order valence-electron chi connectivity index (χ4n) is 3.58. The molecule has 1 amide bonds. The number of carbonyl (C=O) groups is 1. The van der Waals surface area contributed by atoms with E-state index >= 15 is 0 Å². The Labute approximate surface area is 160 Å². The Bertz CT molecular complexity index is 1160. The summed E-state index contributed by atoms with van der Waals surface area (Å²) in [6.07, 6.45) is 1.85. The maximum Gasteiger partial charge on any atom is 0.268 e. The number of nitrogens with zero attached hydrogens (tertiary/aromatic N) is 4. The summed E-state index contributed by atoms with van der Waals surface area (Å²) >= 11 is 0. The third-order valence-corrected chi connectivity index (χ3v) is 4.92. The molecule has 3 aromatic heterocycles. The SMILES string of the molecule is Cc1n[nH]c(C)c1-c1ccc2nc(NC(=O)[C@@H]3Cc4ccccc4O3)nn2c1. The molecule has 0 aliphatic carbocycles. The molecule has 0 fully saturated rings. The minimum atomic E-state index is -0.573. The number of aryl methyl sites for hydroxylation is 2. The highest BCUT2D eigenvalue weighted by Crippen LogP contribution is 2.29. The molecule has 0 unspecified atom stereocenters. The van der Waals surface area contributed by atoms with E-state index in [0.29, 0.717) is 12.1 Å². The topological polar surface area (TPSA) is 97.2 Å². The van der Waals surface area contributed by atoms with Gasteiger partial charge in [0.05, 0.1) is 5.69 Å². The van der Waals surface area contributed by atoms with Gasteiger partial charge in [-0.25, -0.2) is 4.52 Å². The number of benzene rings is 1. The number of para-hydroxylation sites is 1. The molecule has 0 spiro atoms. The van der Waals surface area contributed by atoms with Gasteiger partial charge >= 0.3 is 0 Å². The van der Waals surface area contributed by atoms with Gasteiger partial charge < -0.3 is 4.74 Å². The van der Waals surface area contributed by atoms with E-state index in [1.165, 1.54) is 0 Å². The number of ether oxygens (including phenoxy) is 1. The number of pyridine rings is 1. The summed E-state index contributed by atoms with van der Waals surface area (Å²) in [5.74, 6) is 0.748. The molecule has 5 rings (SSSR count). The minimum absolute atomic E-state index is 0.252. The zero-order chi connectivity index (χ0) is 19.3. The van der Waals surface area contributed by atoms with Gasteiger partial charge in [-0.2, -0.15) is 10.1 Å². The third kappa shape index (κ3) is 2.70. The van der Waals surface area contributed by atoms with Crippen LogP contribution in [0.2, 0.25) is 0 Å². The van der Waals surface area contributed by atoms with Gasteiger partial charge in [0.25, 0.3) is 5.91 Å². The first-order chi connectivity index (χ1) is 13.6. The number of rotatable bonds is 3. The minimum Gasteiger partial charge on any atom is -0.480 e. The Morgan fingerprint density at radius 3 is 2.89 bits per heavy atom. The predicted octanol–water partition coefficient (Wildman–Crippen LogP) is 2.68. The molecule has 0 radical (unpaired) electrons. The molecule has 0 saturated carbocycles. The quantitative estimate of drug-likeness (QED) is 0.575. The number of hydrogen-bond acceptors (Lipinski definition) is 5. The summed E-state index contributed by atoms with van der Waals surface area (Å²) in [6.45, 7) is 3.93. The lowest BCUT2D eigenvalue weighted by Crippen LogP contribution is -2.31. The second-order valence-corrected chi connectivity index (χ2v) is 6.87. The lowest BCUT2D eigenvalue weighted by Gasteiger charge is -2.08. The number of fused-ring (bicyclic) bond motifs is 2. The van der Waals surface area contributed by atoms with Crippen molar-refractivity contribution in [1.29, 1.82) is 0 Å². The molecule has 4 aromatic rings. The van der Waals surface area contributed by atoms with Crippen LogP contribution in [0.5, 0.6) is 5.75 Å². The van der Waals surface area contributed by atoms with Crippen LogP contribution in [0.25, 0.3) is 16.8 Å². The molecule has 8 heteroatoms. The van der Waals surface area contributed by atoms with Crippen LogP contribution in [0.3, 0.4) is 0 Å². The van der Waals surface area contributed by atoms with Gasteiger partial charge in [-0.15, -0.1) is 5.10 Å². The van der Waals surface area contributed by atoms with Crippen molar-refractivity contribution < 1.29 is 9.53 Å². The van der Waals surface area contributed by atoms with Crippen molar-refractivity contribution >= 4 is 17.5 Å². The van der Waals surface area contributed by atoms with Gasteiger partial charge in [-0.05, 0) is 37.6 Å². The standard InChI is InChI=1S/C20H18N6O2/c1-11-18(12(2)24-23-11)14-7-8-17-21-20(25-26(17)10-14)22-19(27)16-9-13-5-3-4-6-15(13)28-16/h3-8,10,16H,9H2,1-2H3,(H,23,24)(H,22,25,27)/t16-/m0/s1. The molecule has 2 N–H and O–H groups in total. The average Bonchev–Trinajstić information content (AvgIpc) is 3.37. The largest absolute Gasteiger partial charge is 0.480 e. The van der Waals surface area contributed by atoms with Crippen molar-refractivity contribution in [1.82, 2.24) is 24.8 Å². The van der Waals surface area contributed by atoms with Crippen LogP contribution < -0.4 is 10.1 Å². The highest BCUT2D eigenvalue weighted by Gasteiger charge is 2.29. The fourth-order valence-corrected chi connectivity index (χ4v) is 3.58. The summed E-state index contributed by atoms with van der Waals surface area (Å²) in [5.41, 5.74) is 5.61. The molecule has 1 atom stereocenters. The van der Waals surface area contributed by atoms with Crippen LogP contribution in [0, 0.1) is 13.8 Å². The van der Waals surface area contributed by atoms with Crippen molar-refractivity contribution in [3.05, 3.63) is 59.5 Å². The number of carbonyl (C=O) groups excluding carboxylic acids is 1. The molecule has 1 aromatic carbocycles. The Balaban J connectivity index is 1.38. The lowest BCUT2D eigenvalue weighted by molar-refractivity contribution is -0.122. The summed E-state index contributed by atoms with van der Waals surface area (Å²) in [5, 5.41) is 14.4. The van der Waals surface area contributed by atoms with E-state index in [1.807, 2.05) is 56.4 Å². The monoisotopic (exact) mass is 374 g/mol. The van der Waals surface area contributed by atoms with Gasteiger partial charge in [0.1, 0.15) is 5.75 Å². The molecular formula is C20H18N6O2. The third-order valence-electron chi connectivity index (χ3n) is 4.92. The molecule has 28 heavy (non-hydrogen) atoms. The summed E-state index contributed by atoms with van der Waals surface area (Å²) in [6, 6.07) is 11.5. The second-order valence-electron chi connectivity index (χ2n) is 6.87. The average molecular weight is 374 g/mol. The number of amides is 1. The van der Waals surface area contributed by atoms with E-state index in [0.717, 1.165) is 33.8 Å². The smallest absolute Gasteiger partial charge is 0.268 e. The van der Waals surface area contributed by atoms with Crippen LogP contribution in [-0.2, 0) is 11.2 Å². The van der Waals surface area contributed by atoms with Crippen LogP contribution in [-0.4, -0.2) is 36.8 Å². The number of anilines is 1. The molecule has 8 nitrogen and oxygen atoms in total. The maximum atomic E-state index is 12.6. The first-order valence-corrected chi connectivity index (χ1v) is 9.02. The van der Waals surface area contributed by atoms with Crippen molar-refractivity contribution in [2.75, 3.05) is 5.32 Å². The van der Waals surface area contributed by atoms with Gasteiger partial charge in [0.2, 0.25) is 5.95 Å². The number of H-pyrrole nitrogens is 1. The summed E-state index contributed by atoms with van der Waals surface area (Å²) in [4.78, 5) is 16.9. The molecule has 0 saturated heterocycles. The lowest BCUT2D eigenvalue weighted by atomic mass is 10.1. The molecule has 1 aliphatic heterocycles. The van der Waals surface area contributed by atoms with Gasteiger partial charge in [-0.3, -0.25) is 15.2 Å². The first-order valence-electron chi connectivity index (χ1n) is 9.02. The summed E-state index contributed by atoms with van der Waals surface area (Å²) in [7, 11) is 0. The zero-order valence-corrected chi connectivity index (χ0v) is 15.4. The van der Waals surface area contributed by atoms with E-state index < -0.39 is 6.10 Å². The van der Waals surface area contributed by atoms with Gasteiger partial charge in [-0.1, -0.05) is 18.2 Å². The Morgan fingerprint density at radius 2 is 2.11 bits per heavy atom. The molecule has 1 aliphatic rings. The van der Waals surface area contributed by atoms with Gasteiger partial charge in [0.15, 0.2) is 11.8 Å². The highest BCUT2D eigenvalue weighted by molar-refractivity contribution is 5.93. The van der Waals surface area contributed by atoms with Crippen molar-refractivity contribution in [3.8, 4) is 16.9 Å². The Kier molecular flexibility index (Phi) is 3.65. The number of hydrogen-bond donors (Lipinski definition) is 2. The first kappa shape index (κ1) is 16.5. The summed E-state index contributed by atoms with van der Waals surface area (Å²) < 4.78 is 7.38. The fraction of sp³-hybridized carbons (Fsp3) is 0.200. The van der Waals surface area contributed by atoms with Gasteiger partial charge in [0, 0.05) is 29.4 Å². The Morgan fingerprint density at radius 1 is 1.25 bits per heavy atom. The van der Waals surface area contributed by atoms with E-state index in [-0.39, 0.29) is 11.9 Å².